The van der Waals surface area contributed by atoms with Crippen LogP contribution in [0.25, 0.3) is 0 Å². The molecule has 0 spiro atoms. The second-order valence-electron chi connectivity index (χ2n) is 23.7. The van der Waals surface area contributed by atoms with E-state index in [4.69, 9.17) is 20.4 Å². The van der Waals surface area contributed by atoms with Gasteiger partial charge >= 0.3 is 23.9 Å². The first kappa shape index (κ1) is 84.3. The van der Waals surface area contributed by atoms with Crippen LogP contribution in [0.5, 0.6) is 0 Å². The van der Waals surface area contributed by atoms with E-state index in [9.17, 15) is 48.6 Å². The van der Waals surface area contributed by atoms with Crippen molar-refractivity contribution in [2.24, 2.45) is 23.7 Å². The molecule has 0 bridgehead atoms. The minimum atomic E-state index is -0.773. The number of rotatable bonds is 44. The molecule has 0 aromatic rings. The van der Waals surface area contributed by atoms with Crippen LogP contribution in [0.4, 0.5) is 0 Å². The quantitative estimate of drug-likeness (QED) is 0.0188. The summed E-state index contributed by atoms with van der Waals surface area (Å²) in [6, 6.07) is 0. The minimum absolute atomic E-state index is 0.0237. The lowest BCUT2D eigenvalue weighted by molar-refractivity contribution is -0.138. The highest BCUT2D eigenvalue weighted by Crippen LogP contribution is 2.29. The fraction of sp³-hybridized carbons (Fsp3) is 0.500. The number of aliphatic hydroxyl groups excluding tert-OH is 2. The summed E-state index contributed by atoms with van der Waals surface area (Å²) in [4.78, 5) is 89.3. The van der Waals surface area contributed by atoms with Crippen molar-refractivity contribution >= 4 is 47.0 Å². The highest BCUT2D eigenvalue weighted by Gasteiger charge is 2.25. The van der Waals surface area contributed by atoms with Crippen LogP contribution in [0.2, 0.25) is 0 Å². The van der Waals surface area contributed by atoms with Gasteiger partial charge in [0.05, 0.1) is 12.2 Å². The molecule has 0 aromatic heterocycles. The Hall–Kier alpha value is -7.68. The highest BCUT2D eigenvalue weighted by atomic mass is 16.4. The van der Waals surface area contributed by atoms with Crippen molar-refractivity contribution in [3.63, 3.8) is 0 Å². The number of hydrogen-bond acceptors (Lipinski definition) is 10. The van der Waals surface area contributed by atoms with E-state index in [0.29, 0.717) is 44.9 Å². The van der Waals surface area contributed by atoms with Crippen molar-refractivity contribution < 1.29 is 69.0 Å². The molecule has 0 amide bonds. The van der Waals surface area contributed by atoms with Crippen molar-refractivity contribution in [3.8, 4) is 0 Å². The molecule has 0 radical (unpaired) electrons. The summed E-state index contributed by atoms with van der Waals surface area (Å²) < 4.78 is 0. The summed E-state index contributed by atoms with van der Waals surface area (Å²) in [6.45, 7) is 8.48. The van der Waals surface area contributed by atoms with Gasteiger partial charge in [0.1, 0.15) is 0 Å². The Labute approximate surface area is 562 Å². The van der Waals surface area contributed by atoms with Crippen LogP contribution in [0.15, 0.2) is 192 Å². The number of aliphatic carboxylic acids is 4. The van der Waals surface area contributed by atoms with E-state index in [0.717, 1.165) is 125 Å². The zero-order chi connectivity index (χ0) is 69.4. The summed E-state index contributed by atoms with van der Waals surface area (Å²) in [5, 5.41) is 54.2. The Balaban J connectivity index is 0.000000627. The van der Waals surface area contributed by atoms with Crippen LogP contribution in [0, 0.1) is 23.7 Å². The van der Waals surface area contributed by atoms with Gasteiger partial charge < -0.3 is 30.6 Å². The molecule has 0 aliphatic heterocycles. The zero-order valence-electron chi connectivity index (χ0n) is 56.8. The van der Waals surface area contributed by atoms with Crippen LogP contribution in [-0.4, -0.2) is 89.9 Å². The fourth-order valence-corrected chi connectivity index (χ4v) is 10.2. The number of carbonyl (C=O) groups excluding carboxylic acids is 4. The lowest BCUT2D eigenvalue weighted by atomic mass is 9.95. The van der Waals surface area contributed by atoms with Gasteiger partial charge in [-0.15, -0.1) is 0 Å². The van der Waals surface area contributed by atoms with Crippen LogP contribution >= 0.6 is 0 Å². The second kappa shape index (κ2) is 55.7. The van der Waals surface area contributed by atoms with Crippen molar-refractivity contribution in [3.05, 3.63) is 192 Å². The number of unbranched alkanes of at least 4 members (excludes halogenated alkanes) is 9. The third kappa shape index (κ3) is 43.3. The molecule has 0 aromatic carbocycles. The largest absolute Gasteiger partial charge is 0.481 e. The third-order valence-corrected chi connectivity index (χ3v) is 15.6. The van der Waals surface area contributed by atoms with Gasteiger partial charge in [0.25, 0.3) is 0 Å². The van der Waals surface area contributed by atoms with Gasteiger partial charge in [-0.05, 0) is 159 Å². The monoisotopic (exact) mass is 1300 g/mol. The molecule has 0 heterocycles. The Morgan fingerprint density at radius 1 is 0.372 bits per heavy atom. The summed E-state index contributed by atoms with van der Waals surface area (Å²) >= 11 is 0. The van der Waals surface area contributed by atoms with E-state index >= 15 is 0 Å². The molecule has 94 heavy (non-hydrogen) atoms. The molecule has 6 N–H and O–H groups in total. The van der Waals surface area contributed by atoms with Gasteiger partial charge in [0.2, 0.25) is 0 Å². The van der Waals surface area contributed by atoms with E-state index in [1.807, 2.05) is 135 Å². The van der Waals surface area contributed by atoms with E-state index in [2.05, 4.69) is 39.0 Å². The minimum Gasteiger partial charge on any atom is -0.481 e. The summed E-state index contributed by atoms with van der Waals surface area (Å²) in [5.74, 6) is -2.37. The predicted octanol–water partition coefficient (Wildman–Crippen LogP) is 18.0. The van der Waals surface area contributed by atoms with Gasteiger partial charge in [-0.1, -0.05) is 206 Å². The molecule has 0 unspecified atom stereocenters. The Morgan fingerprint density at radius 2 is 0.713 bits per heavy atom. The molecule has 0 saturated heterocycles. The highest BCUT2D eigenvalue weighted by molar-refractivity contribution is 6.09. The normalized spacial score (nSPS) is 20.1. The molecule has 4 aliphatic rings. The van der Waals surface area contributed by atoms with Gasteiger partial charge in [0.15, 0.2) is 23.1 Å². The fourth-order valence-electron chi connectivity index (χ4n) is 10.2. The summed E-state index contributed by atoms with van der Waals surface area (Å²) in [7, 11) is 0. The average Bonchev–Trinajstić information content (AvgIpc) is 1.91. The number of carboxylic acids is 4. The van der Waals surface area contributed by atoms with Crippen LogP contribution in [0.1, 0.15) is 220 Å². The molecular formula is C80H112O14. The number of carboxylic acid groups (broad SMARTS) is 4. The maximum Gasteiger partial charge on any atom is 0.303 e. The number of carbonyl (C=O) groups is 8. The van der Waals surface area contributed by atoms with Gasteiger partial charge in [-0.2, -0.15) is 0 Å². The van der Waals surface area contributed by atoms with Crippen LogP contribution in [0.3, 0.4) is 0 Å². The molecule has 4 aliphatic carbocycles. The SMILES string of the molecule is CC/C=C\C/C=C/C=C1/C(=O)C=C[C@@H]1C/C=C\CCCC(=O)O.CC/C=C\C[C@H](O)C/C=C1/C(=O)C=C[C@@H]1C/C=C\CCCC(=O)O.CCCCC/C=C/C=C1/C(=O)C=C[C@@H]1C/C=C\CCCC(=O)O.CCCCC[C@H](O)C/C=C1/C(=O)C=C[C@@H]1C/C=C\CCCC(=O)O. The van der Waals surface area contributed by atoms with Crippen molar-refractivity contribution in [1.82, 2.24) is 0 Å². The first-order chi connectivity index (χ1) is 45.4. The van der Waals surface area contributed by atoms with E-state index in [1.54, 1.807) is 24.3 Å². The van der Waals surface area contributed by atoms with Crippen LogP contribution < -0.4 is 0 Å². The standard InChI is InChI=1S/C20H30O4.C20H28O4.C20H28O3.C20H26O3/c2*1-2-3-6-10-17(21)13-14-18-16(12-15-19(18)22)9-7-4-5-8-11-20(23)24;2*1-2-3-4-5-6-10-13-18-17(15-16-19(18)21)12-9-7-8-11-14-20(22)23/h4,7,12,14-17,21H,2-3,5-6,8-11,13H2,1H3,(H,23,24);3-4,6-7,12,14-17,21H,2,5,8-11,13H2,1H3,(H,23,24);6-7,9-10,13,15-17H,2-5,8,11-12,14H2,1H3,(H,22,23);3-4,6-7,9-10,13,15-17H,2,5,8,11-12,14H2,1H3,(H,22,23)/b7-4-,18-14+;6-3-,7-4-,18-14+;9-7-,10-6+,18-13+;4-3-,9-7-,10-6+,18-13+/t2*16-,17-;2*17-/m0000/s1. The lowest BCUT2D eigenvalue weighted by Gasteiger charge is -2.11. The van der Waals surface area contributed by atoms with E-state index in [1.165, 1.54) is 19.3 Å². The van der Waals surface area contributed by atoms with E-state index in [-0.39, 0.29) is 78.6 Å². The molecule has 4 rings (SSSR count). The first-order valence-electron chi connectivity index (χ1n) is 34.5. The Kier molecular flexibility index (Phi) is 50.0. The summed E-state index contributed by atoms with van der Waals surface area (Å²) in [5.41, 5.74) is 3.21. The van der Waals surface area contributed by atoms with Gasteiger partial charge in [-0.25, -0.2) is 0 Å². The topological polar surface area (TPSA) is 258 Å². The van der Waals surface area contributed by atoms with E-state index < -0.39 is 30.0 Å². The molecule has 0 fully saturated rings. The molecule has 14 heteroatoms. The van der Waals surface area contributed by atoms with Crippen molar-refractivity contribution in [2.75, 3.05) is 0 Å². The zero-order valence-corrected chi connectivity index (χ0v) is 56.8. The van der Waals surface area contributed by atoms with Gasteiger partial charge in [-0.3, -0.25) is 38.4 Å². The maximum atomic E-state index is 11.9. The maximum absolute atomic E-state index is 11.9. The smallest absolute Gasteiger partial charge is 0.303 e. The first-order valence-corrected chi connectivity index (χ1v) is 34.5. The Morgan fingerprint density at radius 3 is 1.10 bits per heavy atom. The number of ketones is 4. The molecule has 6 atom stereocenters. The van der Waals surface area contributed by atoms with Crippen LogP contribution in [-0.2, 0) is 38.4 Å². The molecule has 516 valence electrons. The predicted molar refractivity (Wildman–Crippen MR) is 380 cm³/mol. The van der Waals surface area contributed by atoms with Gasteiger partial charge in [0, 0.05) is 71.6 Å². The number of hydrogen-bond donors (Lipinski definition) is 6. The Bertz CT molecular complexity index is 2790. The molecule has 0 saturated carbocycles. The molecule has 14 nitrogen and oxygen atoms in total. The number of aliphatic hydroxyl groups is 2. The van der Waals surface area contributed by atoms with Crippen molar-refractivity contribution in [1.29, 1.82) is 0 Å². The number of allylic oxidation sites excluding steroid dienone is 29. The van der Waals surface area contributed by atoms with Crippen molar-refractivity contribution in [2.45, 2.75) is 233 Å². The summed E-state index contributed by atoms with van der Waals surface area (Å²) in [6.07, 6.45) is 76.1. The lowest BCUT2D eigenvalue weighted by Crippen LogP contribution is -2.08. The average molecular weight is 1300 g/mol. The third-order valence-electron chi connectivity index (χ3n) is 15.6. The molecular weight excluding hydrogens is 1180 g/mol. The second-order valence-corrected chi connectivity index (χ2v) is 23.7.